The Morgan fingerprint density at radius 3 is 3.24 bits per heavy atom. The maximum absolute atomic E-state index is 11.3. The molecule has 1 amide bonds. The SMILES string of the molecule is CC#CC(=O)NCc1cccc2c1CCOC2. The lowest BCUT2D eigenvalue weighted by Crippen LogP contribution is -2.23. The summed E-state index contributed by atoms with van der Waals surface area (Å²) in [5.74, 6) is 4.83. The van der Waals surface area contributed by atoms with Crippen LogP contribution in [0.25, 0.3) is 0 Å². The van der Waals surface area contributed by atoms with E-state index in [1.54, 1.807) is 6.92 Å². The number of hydrogen-bond donors (Lipinski definition) is 1. The molecule has 3 heteroatoms. The summed E-state index contributed by atoms with van der Waals surface area (Å²) in [5.41, 5.74) is 3.70. The molecule has 0 unspecified atom stereocenters. The normalized spacial score (nSPS) is 13.2. The number of amides is 1. The smallest absolute Gasteiger partial charge is 0.296 e. The summed E-state index contributed by atoms with van der Waals surface area (Å²) in [6.45, 7) is 3.62. The van der Waals surface area contributed by atoms with Gasteiger partial charge in [-0.15, -0.1) is 0 Å². The molecule has 1 heterocycles. The van der Waals surface area contributed by atoms with Crippen molar-refractivity contribution in [2.24, 2.45) is 0 Å². The van der Waals surface area contributed by atoms with Gasteiger partial charge in [0.1, 0.15) is 0 Å². The zero-order valence-corrected chi connectivity index (χ0v) is 9.88. The number of benzene rings is 1. The Morgan fingerprint density at radius 1 is 1.53 bits per heavy atom. The Labute approximate surface area is 101 Å². The second-order valence-electron chi connectivity index (χ2n) is 3.92. The Bertz CT molecular complexity index is 483. The molecule has 1 aliphatic heterocycles. The highest BCUT2D eigenvalue weighted by atomic mass is 16.5. The molecule has 17 heavy (non-hydrogen) atoms. The lowest BCUT2D eigenvalue weighted by Gasteiger charge is -2.19. The summed E-state index contributed by atoms with van der Waals surface area (Å²) in [7, 11) is 0. The predicted molar refractivity (Wildman–Crippen MR) is 65.1 cm³/mol. The molecule has 1 N–H and O–H groups in total. The van der Waals surface area contributed by atoms with Crippen LogP contribution in [0.3, 0.4) is 0 Å². The van der Waals surface area contributed by atoms with Gasteiger partial charge in [-0.1, -0.05) is 24.1 Å². The quantitative estimate of drug-likeness (QED) is 0.778. The standard InChI is InChI=1S/C14H15NO2/c1-2-4-14(16)15-9-11-5-3-6-12-10-17-8-7-13(11)12/h3,5-6H,7-10H2,1H3,(H,15,16). The van der Waals surface area contributed by atoms with E-state index in [4.69, 9.17) is 4.74 Å². The van der Waals surface area contributed by atoms with Crippen LogP contribution in [-0.2, 0) is 29.1 Å². The highest BCUT2D eigenvalue weighted by Crippen LogP contribution is 2.20. The van der Waals surface area contributed by atoms with Crippen molar-refractivity contribution in [1.29, 1.82) is 0 Å². The summed E-state index contributed by atoms with van der Waals surface area (Å²) in [4.78, 5) is 11.3. The largest absolute Gasteiger partial charge is 0.376 e. The molecule has 0 radical (unpaired) electrons. The number of hydrogen-bond acceptors (Lipinski definition) is 2. The van der Waals surface area contributed by atoms with Crippen LogP contribution in [0, 0.1) is 11.8 Å². The minimum Gasteiger partial charge on any atom is -0.376 e. The summed E-state index contributed by atoms with van der Waals surface area (Å²) in [6, 6.07) is 6.12. The Hall–Kier alpha value is -1.79. The third-order valence-electron chi connectivity index (χ3n) is 2.80. The lowest BCUT2D eigenvalue weighted by atomic mass is 9.97. The van der Waals surface area contributed by atoms with Gasteiger partial charge in [0.2, 0.25) is 0 Å². The van der Waals surface area contributed by atoms with Crippen molar-refractivity contribution in [1.82, 2.24) is 5.32 Å². The summed E-state index contributed by atoms with van der Waals surface area (Å²) in [5, 5.41) is 2.80. The fraction of sp³-hybridized carbons (Fsp3) is 0.357. The second kappa shape index (κ2) is 5.51. The third kappa shape index (κ3) is 2.86. The Kier molecular flexibility index (Phi) is 3.79. The van der Waals surface area contributed by atoms with E-state index < -0.39 is 0 Å². The first-order chi connectivity index (χ1) is 8.31. The number of carbonyl (C=O) groups is 1. The average Bonchev–Trinajstić information content (AvgIpc) is 2.36. The Morgan fingerprint density at radius 2 is 2.41 bits per heavy atom. The average molecular weight is 229 g/mol. The van der Waals surface area contributed by atoms with Crippen molar-refractivity contribution in [2.45, 2.75) is 26.5 Å². The van der Waals surface area contributed by atoms with E-state index in [2.05, 4.69) is 23.2 Å². The van der Waals surface area contributed by atoms with Crippen LogP contribution in [0.4, 0.5) is 0 Å². The van der Waals surface area contributed by atoms with Crippen molar-refractivity contribution in [3.63, 3.8) is 0 Å². The topological polar surface area (TPSA) is 38.3 Å². The molecule has 0 saturated heterocycles. The highest BCUT2D eigenvalue weighted by Gasteiger charge is 2.12. The van der Waals surface area contributed by atoms with E-state index in [1.807, 2.05) is 12.1 Å². The molecule has 1 aromatic rings. The molecule has 3 nitrogen and oxygen atoms in total. The minimum absolute atomic E-state index is 0.225. The first kappa shape index (κ1) is 11.7. The first-order valence-electron chi connectivity index (χ1n) is 5.69. The molecule has 0 bridgehead atoms. The van der Waals surface area contributed by atoms with Crippen LogP contribution in [0.15, 0.2) is 18.2 Å². The number of nitrogens with one attached hydrogen (secondary N) is 1. The number of rotatable bonds is 2. The fourth-order valence-electron chi connectivity index (χ4n) is 2.00. The molecule has 1 aromatic carbocycles. The predicted octanol–water partition coefficient (Wildman–Crippen LogP) is 1.40. The van der Waals surface area contributed by atoms with Gasteiger partial charge in [0.05, 0.1) is 13.2 Å². The summed E-state index contributed by atoms with van der Waals surface area (Å²) >= 11 is 0. The van der Waals surface area contributed by atoms with E-state index in [9.17, 15) is 4.79 Å². The van der Waals surface area contributed by atoms with Gasteiger partial charge >= 0.3 is 0 Å². The van der Waals surface area contributed by atoms with E-state index >= 15 is 0 Å². The van der Waals surface area contributed by atoms with E-state index in [1.165, 1.54) is 11.1 Å². The van der Waals surface area contributed by atoms with E-state index in [0.717, 1.165) is 18.6 Å². The highest BCUT2D eigenvalue weighted by molar-refractivity contribution is 5.93. The molecule has 0 aliphatic carbocycles. The zero-order valence-electron chi connectivity index (χ0n) is 9.88. The van der Waals surface area contributed by atoms with Crippen LogP contribution in [0.2, 0.25) is 0 Å². The van der Waals surface area contributed by atoms with Gasteiger partial charge < -0.3 is 10.1 Å². The fourth-order valence-corrected chi connectivity index (χ4v) is 2.00. The van der Waals surface area contributed by atoms with Gasteiger partial charge in [-0.2, -0.15) is 0 Å². The van der Waals surface area contributed by atoms with E-state index in [0.29, 0.717) is 13.2 Å². The van der Waals surface area contributed by atoms with Crippen LogP contribution in [0.5, 0.6) is 0 Å². The second-order valence-corrected chi connectivity index (χ2v) is 3.92. The van der Waals surface area contributed by atoms with Crippen LogP contribution < -0.4 is 5.32 Å². The van der Waals surface area contributed by atoms with Crippen molar-refractivity contribution < 1.29 is 9.53 Å². The Balaban J connectivity index is 2.10. The molecule has 0 atom stereocenters. The lowest BCUT2D eigenvalue weighted by molar-refractivity contribution is -0.115. The zero-order chi connectivity index (χ0) is 12.1. The third-order valence-corrected chi connectivity index (χ3v) is 2.80. The molecule has 0 fully saturated rings. The molecular weight excluding hydrogens is 214 g/mol. The first-order valence-corrected chi connectivity index (χ1v) is 5.69. The van der Waals surface area contributed by atoms with Crippen molar-refractivity contribution in [3.8, 4) is 11.8 Å². The van der Waals surface area contributed by atoms with Gasteiger partial charge in [0.25, 0.3) is 5.91 Å². The minimum atomic E-state index is -0.225. The van der Waals surface area contributed by atoms with E-state index in [-0.39, 0.29) is 5.91 Å². The molecule has 2 rings (SSSR count). The maximum Gasteiger partial charge on any atom is 0.296 e. The van der Waals surface area contributed by atoms with Crippen LogP contribution >= 0.6 is 0 Å². The van der Waals surface area contributed by atoms with Gasteiger partial charge in [-0.3, -0.25) is 4.79 Å². The number of carbonyl (C=O) groups excluding carboxylic acids is 1. The molecule has 0 saturated carbocycles. The van der Waals surface area contributed by atoms with Crippen LogP contribution in [-0.4, -0.2) is 12.5 Å². The monoisotopic (exact) mass is 229 g/mol. The van der Waals surface area contributed by atoms with Gasteiger partial charge in [0.15, 0.2) is 0 Å². The van der Waals surface area contributed by atoms with Gasteiger partial charge in [-0.25, -0.2) is 0 Å². The number of ether oxygens (including phenoxy) is 1. The van der Waals surface area contributed by atoms with Crippen molar-refractivity contribution >= 4 is 5.91 Å². The molecule has 0 aromatic heterocycles. The molecular formula is C14H15NO2. The summed E-state index contributed by atoms with van der Waals surface area (Å²) < 4.78 is 5.41. The van der Waals surface area contributed by atoms with Gasteiger partial charge in [0, 0.05) is 6.54 Å². The van der Waals surface area contributed by atoms with Crippen LogP contribution in [0.1, 0.15) is 23.6 Å². The molecule has 1 aliphatic rings. The molecule has 0 spiro atoms. The molecule has 88 valence electrons. The van der Waals surface area contributed by atoms with Gasteiger partial charge in [-0.05, 0) is 36.0 Å². The van der Waals surface area contributed by atoms with Crippen molar-refractivity contribution in [3.05, 3.63) is 34.9 Å². The number of fused-ring (bicyclic) bond motifs is 1. The maximum atomic E-state index is 11.3. The summed E-state index contributed by atoms with van der Waals surface area (Å²) in [6.07, 6.45) is 0.917. The van der Waals surface area contributed by atoms with Crippen molar-refractivity contribution in [2.75, 3.05) is 6.61 Å².